The minimum atomic E-state index is -0.683. The lowest BCUT2D eigenvalue weighted by Crippen LogP contribution is -2.32. The van der Waals surface area contributed by atoms with Gasteiger partial charge in [-0.1, -0.05) is 25.7 Å². The molecule has 2 aliphatic rings. The highest BCUT2D eigenvalue weighted by Crippen LogP contribution is 2.33. The van der Waals surface area contributed by atoms with E-state index in [0.29, 0.717) is 5.92 Å². The number of carbonyl (C=O) groups is 1. The number of likely N-dealkylation sites (N-methyl/N-ethyl adjacent to an activating group) is 1. The van der Waals surface area contributed by atoms with E-state index in [4.69, 9.17) is 0 Å². The fourth-order valence-corrected chi connectivity index (χ4v) is 3.18. The number of carboxylic acid groups (broad SMARTS) is 1. The first kappa shape index (κ1) is 12.6. The van der Waals surface area contributed by atoms with E-state index in [1.165, 1.54) is 44.1 Å². The summed E-state index contributed by atoms with van der Waals surface area (Å²) in [5.41, 5.74) is 1.95. The van der Waals surface area contributed by atoms with Crippen LogP contribution in [0.4, 0.5) is 0 Å². The van der Waals surface area contributed by atoms with Gasteiger partial charge in [0.15, 0.2) is 0 Å². The Kier molecular flexibility index (Phi) is 4.21. The van der Waals surface area contributed by atoms with Crippen LogP contribution in [0.1, 0.15) is 44.9 Å². The molecule has 1 aliphatic heterocycles. The molecule has 0 spiro atoms. The summed E-state index contributed by atoms with van der Waals surface area (Å²) in [7, 11) is 2.09. The molecule has 0 saturated heterocycles. The molecule has 0 amide bonds. The standard InChI is InChI=1S/C14H23NO2/c1-15-9-8-12(14(16)17)13(10-15)11-6-4-2-3-5-7-11/h11H,2-10H2,1H3,(H,16,17). The average molecular weight is 237 g/mol. The summed E-state index contributed by atoms with van der Waals surface area (Å²) in [5.74, 6) is -0.149. The second kappa shape index (κ2) is 5.67. The Hall–Kier alpha value is -0.830. The molecule has 0 aromatic rings. The van der Waals surface area contributed by atoms with E-state index in [0.717, 1.165) is 25.1 Å². The van der Waals surface area contributed by atoms with Crippen molar-refractivity contribution in [1.29, 1.82) is 0 Å². The quantitative estimate of drug-likeness (QED) is 0.751. The molecule has 1 heterocycles. The Morgan fingerprint density at radius 2 is 1.88 bits per heavy atom. The zero-order chi connectivity index (χ0) is 12.3. The molecule has 1 fully saturated rings. The van der Waals surface area contributed by atoms with Gasteiger partial charge in [0.05, 0.1) is 0 Å². The third kappa shape index (κ3) is 3.09. The van der Waals surface area contributed by atoms with E-state index in [9.17, 15) is 9.90 Å². The molecular formula is C14H23NO2. The number of hydrogen-bond donors (Lipinski definition) is 1. The molecule has 0 bridgehead atoms. The third-order valence-corrected chi connectivity index (χ3v) is 4.18. The molecule has 1 N–H and O–H groups in total. The van der Waals surface area contributed by atoms with Crippen molar-refractivity contribution in [1.82, 2.24) is 4.90 Å². The van der Waals surface area contributed by atoms with Crippen molar-refractivity contribution in [2.75, 3.05) is 20.1 Å². The number of nitrogens with zero attached hydrogens (tertiary/aromatic N) is 1. The summed E-state index contributed by atoms with van der Waals surface area (Å²) in [6, 6.07) is 0. The van der Waals surface area contributed by atoms with Gasteiger partial charge < -0.3 is 10.0 Å². The van der Waals surface area contributed by atoms with Gasteiger partial charge in [0.1, 0.15) is 0 Å². The lowest BCUT2D eigenvalue weighted by Gasteiger charge is -2.30. The van der Waals surface area contributed by atoms with Crippen LogP contribution in [-0.2, 0) is 4.79 Å². The SMILES string of the molecule is CN1CCC(C(=O)O)=C(C2CCCCCC2)C1. The number of rotatable bonds is 2. The minimum Gasteiger partial charge on any atom is -0.478 e. The van der Waals surface area contributed by atoms with Crippen molar-refractivity contribution in [2.45, 2.75) is 44.9 Å². The number of hydrogen-bond acceptors (Lipinski definition) is 2. The topological polar surface area (TPSA) is 40.5 Å². The summed E-state index contributed by atoms with van der Waals surface area (Å²) in [4.78, 5) is 13.6. The van der Waals surface area contributed by atoms with Crippen LogP contribution in [0.15, 0.2) is 11.1 Å². The maximum Gasteiger partial charge on any atom is 0.331 e. The van der Waals surface area contributed by atoms with Gasteiger partial charge in [0, 0.05) is 18.7 Å². The van der Waals surface area contributed by atoms with Crippen LogP contribution in [0.25, 0.3) is 0 Å². The van der Waals surface area contributed by atoms with Gasteiger partial charge in [-0.15, -0.1) is 0 Å². The Labute approximate surface area is 103 Å². The molecule has 96 valence electrons. The van der Waals surface area contributed by atoms with E-state index in [1.54, 1.807) is 0 Å². The zero-order valence-corrected chi connectivity index (χ0v) is 10.7. The van der Waals surface area contributed by atoms with Crippen LogP contribution in [0.5, 0.6) is 0 Å². The third-order valence-electron chi connectivity index (χ3n) is 4.18. The maximum atomic E-state index is 11.3. The molecule has 3 heteroatoms. The first-order valence-electron chi connectivity index (χ1n) is 6.82. The van der Waals surface area contributed by atoms with E-state index >= 15 is 0 Å². The van der Waals surface area contributed by atoms with E-state index in [1.807, 2.05) is 0 Å². The first-order valence-corrected chi connectivity index (χ1v) is 6.82. The number of carboxylic acids is 1. The summed E-state index contributed by atoms with van der Waals surface area (Å²) >= 11 is 0. The predicted molar refractivity (Wildman–Crippen MR) is 68.0 cm³/mol. The maximum absolute atomic E-state index is 11.3. The molecule has 0 atom stereocenters. The van der Waals surface area contributed by atoms with Crippen LogP contribution in [0.3, 0.4) is 0 Å². The summed E-state index contributed by atoms with van der Waals surface area (Å²) in [6.07, 6.45) is 8.29. The first-order chi connectivity index (χ1) is 8.18. The van der Waals surface area contributed by atoms with Crippen LogP contribution < -0.4 is 0 Å². The molecular weight excluding hydrogens is 214 g/mol. The molecule has 17 heavy (non-hydrogen) atoms. The molecule has 3 nitrogen and oxygen atoms in total. The van der Waals surface area contributed by atoms with Gasteiger partial charge in [-0.05, 0) is 37.8 Å². The van der Waals surface area contributed by atoms with Crippen molar-refractivity contribution >= 4 is 5.97 Å². The van der Waals surface area contributed by atoms with E-state index < -0.39 is 5.97 Å². The largest absolute Gasteiger partial charge is 0.478 e. The second-order valence-electron chi connectivity index (χ2n) is 5.49. The fourth-order valence-electron chi connectivity index (χ4n) is 3.18. The van der Waals surface area contributed by atoms with E-state index in [-0.39, 0.29) is 0 Å². The Bertz CT molecular complexity index is 314. The number of aliphatic carboxylic acids is 1. The second-order valence-corrected chi connectivity index (χ2v) is 5.49. The zero-order valence-electron chi connectivity index (χ0n) is 10.7. The highest BCUT2D eigenvalue weighted by molar-refractivity contribution is 5.88. The summed E-state index contributed by atoms with van der Waals surface area (Å²) in [5, 5.41) is 9.32. The normalized spacial score (nSPS) is 24.8. The molecule has 1 saturated carbocycles. The van der Waals surface area contributed by atoms with Gasteiger partial charge in [-0.25, -0.2) is 4.79 Å². The highest BCUT2D eigenvalue weighted by atomic mass is 16.4. The van der Waals surface area contributed by atoms with Gasteiger partial charge in [-0.3, -0.25) is 0 Å². The van der Waals surface area contributed by atoms with Gasteiger partial charge >= 0.3 is 5.97 Å². The molecule has 0 aromatic heterocycles. The molecule has 0 radical (unpaired) electrons. The van der Waals surface area contributed by atoms with Gasteiger partial charge in [0.2, 0.25) is 0 Å². The van der Waals surface area contributed by atoms with Crippen molar-refractivity contribution in [3.05, 3.63) is 11.1 Å². The van der Waals surface area contributed by atoms with Crippen LogP contribution in [-0.4, -0.2) is 36.1 Å². The lowest BCUT2D eigenvalue weighted by molar-refractivity contribution is -0.133. The van der Waals surface area contributed by atoms with Crippen LogP contribution in [0, 0.1) is 5.92 Å². The molecule has 0 unspecified atom stereocenters. The summed E-state index contributed by atoms with van der Waals surface area (Å²) in [6.45, 7) is 1.75. The minimum absolute atomic E-state index is 0.534. The van der Waals surface area contributed by atoms with Gasteiger partial charge in [-0.2, -0.15) is 0 Å². The molecule has 1 aliphatic carbocycles. The fraction of sp³-hybridized carbons (Fsp3) is 0.786. The Morgan fingerprint density at radius 1 is 1.24 bits per heavy atom. The van der Waals surface area contributed by atoms with E-state index in [2.05, 4.69) is 11.9 Å². The van der Waals surface area contributed by atoms with Crippen molar-refractivity contribution < 1.29 is 9.90 Å². The Morgan fingerprint density at radius 3 is 2.47 bits per heavy atom. The predicted octanol–water partition coefficient (Wildman–Crippen LogP) is 2.67. The monoisotopic (exact) mass is 237 g/mol. The lowest BCUT2D eigenvalue weighted by atomic mass is 9.85. The Balaban J connectivity index is 2.20. The van der Waals surface area contributed by atoms with Crippen LogP contribution >= 0.6 is 0 Å². The highest BCUT2D eigenvalue weighted by Gasteiger charge is 2.27. The molecule has 0 aromatic carbocycles. The van der Waals surface area contributed by atoms with Crippen LogP contribution in [0.2, 0.25) is 0 Å². The van der Waals surface area contributed by atoms with Crippen molar-refractivity contribution in [3.63, 3.8) is 0 Å². The average Bonchev–Trinajstić information content (AvgIpc) is 2.56. The van der Waals surface area contributed by atoms with Gasteiger partial charge in [0.25, 0.3) is 0 Å². The van der Waals surface area contributed by atoms with Crippen molar-refractivity contribution in [3.8, 4) is 0 Å². The smallest absolute Gasteiger partial charge is 0.331 e. The van der Waals surface area contributed by atoms with Crippen molar-refractivity contribution in [2.24, 2.45) is 5.92 Å². The summed E-state index contributed by atoms with van der Waals surface area (Å²) < 4.78 is 0. The molecule has 2 rings (SSSR count).